The zero-order chi connectivity index (χ0) is 12.6. The molecule has 0 aliphatic rings. The van der Waals surface area contributed by atoms with E-state index in [2.05, 4.69) is 20.9 Å². The van der Waals surface area contributed by atoms with Gasteiger partial charge < -0.3 is 0 Å². The van der Waals surface area contributed by atoms with E-state index in [4.69, 9.17) is 11.6 Å². The maximum absolute atomic E-state index is 13.2. The average molecular weight is 298 g/mol. The minimum atomic E-state index is -0.319. The third-order valence-electron chi connectivity index (χ3n) is 2.48. The van der Waals surface area contributed by atoms with Gasteiger partial charge in [-0.1, -0.05) is 12.1 Å². The van der Waals surface area contributed by atoms with Gasteiger partial charge in [-0.15, -0.1) is 4.68 Å². The fourth-order valence-corrected chi connectivity index (χ4v) is 1.91. The maximum Gasteiger partial charge on any atom is 0.329 e. The van der Waals surface area contributed by atoms with E-state index >= 15 is 0 Å². The summed E-state index contributed by atoms with van der Waals surface area (Å²) >= 11 is 3.22. The predicted molar refractivity (Wildman–Crippen MR) is 66.8 cm³/mol. The van der Waals surface area contributed by atoms with Crippen LogP contribution in [-0.2, 0) is 0 Å². The fourth-order valence-electron chi connectivity index (χ4n) is 1.54. The monoisotopic (exact) mass is 297 g/mol. The van der Waals surface area contributed by atoms with Crippen molar-refractivity contribution in [1.29, 1.82) is 0 Å². The lowest BCUT2D eigenvalue weighted by Gasteiger charge is -2.07. The first-order valence-corrected chi connectivity index (χ1v) is 5.68. The van der Waals surface area contributed by atoms with Gasteiger partial charge in [-0.25, -0.2) is 9.37 Å². The van der Waals surface area contributed by atoms with E-state index in [9.17, 15) is 4.39 Å². The van der Waals surface area contributed by atoms with Crippen molar-refractivity contribution in [1.82, 2.24) is 4.98 Å². The van der Waals surface area contributed by atoms with Crippen LogP contribution in [-0.4, -0.2) is 4.98 Å². The van der Waals surface area contributed by atoms with Crippen molar-refractivity contribution < 1.29 is 9.07 Å². The molecule has 1 heterocycles. The molecule has 4 nitrogen and oxygen atoms in total. The first-order chi connectivity index (χ1) is 8.00. The molecule has 1 aromatic heterocycles. The SMILES string of the molecule is Cc1c(-c2cccc(F)c2)nc(Br)c(N)[n+]1N. The van der Waals surface area contributed by atoms with E-state index in [0.29, 0.717) is 27.4 Å². The van der Waals surface area contributed by atoms with Gasteiger partial charge in [0.25, 0.3) is 0 Å². The Kier molecular flexibility index (Phi) is 2.97. The quantitative estimate of drug-likeness (QED) is 0.620. The Morgan fingerprint density at radius 2 is 2.12 bits per heavy atom. The Hall–Kier alpha value is -1.69. The number of hydrogen-bond acceptors (Lipinski definition) is 3. The van der Waals surface area contributed by atoms with Crippen LogP contribution in [0.4, 0.5) is 10.2 Å². The van der Waals surface area contributed by atoms with E-state index in [0.717, 1.165) is 0 Å². The minimum Gasteiger partial charge on any atom is -0.283 e. The minimum absolute atomic E-state index is 0.319. The number of nitrogens with two attached hydrogens (primary N) is 2. The lowest BCUT2D eigenvalue weighted by molar-refractivity contribution is -0.630. The van der Waals surface area contributed by atoms with Crippen molar-refractivity contribution in [2.24, 2.45) is 0 Å². The molecule has 0 aliphatic heterocycles. The second kappa shape index (κ2) is 4.29. The first-order valence-electron chi connectivity index (χ1n) is 4.89. The highest BCUT2D eigenvalue weighted by Crippen LogP contribution is 2.23. The van der Waals surface area contributed by atoms with Crippen LogP contribution >= 0.6 is 15.9 Å². The standard InChI is InChI=1S/C11H10BrFN4/c1-6-9(7-3-2-4-8(13)5-7)16-10(12)11(14)17(6)15/h2-5,14H,15H2,1H3/p+1. The summed E-state index contributed by atoms with van der Waals surface area (Å²) in [6.45, 7) is 1.77. The number of hydrogen-bond donors (Lipinski definition) is 2. The Morgan fingerprint density at radius 3 is 2.76 bits per heavy atom. The molecule has 0 fully saturated rings. The molecule has 0 saturated carbocycles. The Morgan fingerprint density at radius 1 is 1.41 bits per heavy atom. The van der Waals surface area contributed by atoms with E-state index in [1.807, 2.05) is 0 Å². The number of aromatic nitrogens is 2. The number of rotatable bonds is 1. The van der Waals surface area contributed by atoms with Gasteiger partial charge in [0.05, 0.1) is 0 Å². The second-order valence-corrected chi connectivity index (χ2v) is 4.35. The number of nitrogen functional groups attached to an aromatic ring is 2. The van der Waals surface area contributed by atoms with Crippen LogP contribution in [0.1, 0.15) is 5.69 Å². The molecular formula is C11H11BrFN4+. The van der Waals surface area contributed by atoms with Gasteiger partial charge in [0.1, 0.15) is 11.5 Å². The number of halogens is 2. The first kappa shape index (κ1) is 11.8. The Bertz CT molecular complexity index is 586. The van der Waals surface area contributed by atoms with Crippen LogP contribution in [0.15, 0.2) is 28.9 Å². The third kappa shape index (κ3) is 2.08. The van der Waals surface area contributed by atoms with Crippen molar-refractivity contribution in [2.45, 2.75) is 6.92 Å². The largest absolute Gasteiger partial charge is 0.329 e. The maximum atomic E-state index is 13.2. The molecule has 4 N–H and O–H groups in total. The molecule has 2 rings (SSSR count). The van der Waals surface area contributed by atoms with Crippen LogP contribution in [0.5, 0.6) is 0 Å². The highest BCUT2D eigenvalue weighted by Gasteiger charge is 2.18. The van der Waals surface area contributed by atoms with Crippen LogP contribution < -0.4 is 16.3 Å². The zero-order valence-corrected chi connectivity index (χ0v) is 10.7. The van der Waals surface area contributed by atoms with Gasteiger partial charge >= 0.3 is 5.82 Å². The lowest BCUT2D eigenvalue weighted by atomic mass is 10.1. The van der Waals surface area contributed by atoms with E-state index < -0.39 is 0 Å². The lowest BCUT2D eigenvalue weighted by Crippen LogP contribution is -2.50. The zero-order valence-electron chi connectivity index (χ0n) is 9.11. The molecule has 1 aromatic carbocycles. The molecule has 0 unspecified atom stereocenters. The van der Waals surface area contributed by atoms with Gasteiger partial charge in [0.15, 0.2) is 10.3 Å². The molecule has 0 spiro atoms. The van der Waals surface area contributed by atoms with Gasteiger partial charge in [0.2, 0.25) is 0 Å². The normalized spacial score (nSPS) is 10.5. The average Bonchev–Trinajstić information content (AvgIpc) is 2.31. The number of benzene rings is 1. The topological polar surface area (TPSA) is 68.8 Å². The summed E-state index contributed by atoms with van der Waals surface area (Å²) in [6.07, 6.45) is 0. The van der Waals surface area contributed by atoms with Crippen LogP contribution in [0, 0.1) is 12.7 Å². The van der Waals surface area contributed by atoms with Gasteiger partial charge in [-0.2, -0.15) is 0 Å². The highest BCUT2D eigenvalue weighted by atomic mass is 79.9. The molecule has 0 radical (unpaired) electrons. The van der Waals surface area contributed by atoms with Gasteiger partial charge in [-0.3, -0.25) is 11.6 Å². The Balaban J connectivity index is 2.68. The predicted octanol–water partition coefficient (Wildman–Crippen LogP) is 1.54. The van der Waals surface area contributed by atoms with Crippen molar-refractivity contribution >= 4 is 21.7 Å². The number of nitrogens with zero attached hydrogens (tertiary/aromatic N) is 2. The van der Waals surface area contributed by atoms with E-state index in [1.165, 1.54) is 16.8 Å². The van der Waals surface area contributed by atoms with Gasteiger partial charge in [-0.05, 0) is 28.1 Å². The smallest absolute Gasteiger partial charge is 0.283 e. The van der Waals surface area contributed by atoms with Crippen molar-refractivity contribution in [2.75, 3.05) is 11.6 Å². The van der Waals surface area contributed by atoms with Crippen molar-refractivity contribution in [3.05, 3.63) is 40.4 Å². The molecule has 0 amide bonds. The van der Waals surface area contributed by atoms with E-state index in [-0.39, 0.29) is 5.82 Å². The number of anilines is 1. The molecule has 2 aromatic rings. The molecule has 0 atom stereocenters. The molecule has 0 saturated heterocycles. The van der Waals surface area contributed by atoms with Crippen molar-refractivity contribution in [3.8, 4) is 11.3 Å². The summed E-state index contributed by atoms with van der Waals surface area (Å²) < 4.78 is 14.9. The molecule has 0 bridgehead atoms. The summed E-state index contributed by atoms with van der Waals surface area (Å²) in [6, 6.07) is 6.16. The Labute approximate surface area is 106 Å². The summed E-state index contributed by atoms with van der Waals surface area (Å²) in [4.78, 5) is 4.27. The molecular weight excluding hydrogens is 287 g/mol. The highest BCUT2D eigenvalue weighted by molar-refractivity contribution is 9.10. The summed E-state index contributed by atoms with van der Waals surface area (Å²) in [5.41, 5.74) is 7.62. The van der Waals surface area contributed by atoms with Gasteiger partial charge in [0, 0.05) is 12.5 Å². The van der Waals surface area contributed by atoms with Crippen LogP contribution in [0.3, 0.4) is 0 Å². The second-order valence-electron chi connectivity index (χ2n) is 3.60. The molecule has 6 heteroatoms. The molecule has 17 heavy (non-hydrogen) atoms. The van der Waals surface area contributed by atoms with Crippen LogP contribution in [0.2, 0.25) is 0 Å². The van der Waals surface area contributed by atoms with Crippen molar-refractivity contribution in [3.63, 3.8) is 0 Å². The fraction of sp³-hybridized carbons (Fsp3) is 0.0909. The van der Waals surface area contributed by atoms with Crippen LogP contribution in [0.25, 0.3) is 11.3 Å². The summed E-state index contributed by atoms with van der Waals surface area (Å²) in [7, 11) is 0. The summed E-state index contributed by atoms with van der Waals surface area (Å²) in [5, 5.41) is 0. The summed E-state index contributed by atoms with van der Waals surface area (Å²) in [5.74, 6) is 5.79. The van der Waals surface area contributed by atoms with E-state index in [1.54, 1.807) is 19.1 Å². The third-order valence-corrected chi connectivity index (χ3v) is 3.07. The molecule has 88 valence electrons. The molecule has 0 aliphatic carbocycles.